The first-order chi connectivity index (χ1) is 10.1. The number of hydrogen-bond donors (Lipinski definition) is 1. The lowest BCUT2D eigenvalue weighted by atomic mass is 9.92. The Morgan fingerprint density at radius 2 is 2.14 bits per heavy atom. The van der Waals surface area contributed by atoms with Gasteiger partial charge in [0.25, 0.3) is 5.91 Å². The Morgan fingerprint density at radius 3 is 2.59 bits per heavy atom. The molecule has 4 nitrogen and oxygen atoms in total. The van der Waals surface area contributed by atoms with Crippen LogP contribution in [-0.4, -0.2) is 28.4 Å². The van der Waals surface area contributed by atoms with Crippen LogP contribution in [0.25, 0.3) is 0 Å². The first kappa shape index (κ1) is 16.6. The van der Waals surface area contributed by atoms with Crippen molar-refractivity contribution in [1.29, 1.82) is 0 Å². The minimum absolute atomic E-state index is 0.0120. The highest BCUT2D eigenvalue weighted by molar-refractivity contribution is 6.48. The Hall–Kier alpha value is -1.76. The summed E-state index contributed by atoms with van der Waals surface area (Å²) in [6.45, 7) is 1.64. The van der Waals surface area contributed by atoms with Gasteiger partial charge in [-0.05, 0) is 24.6 Å². The fraction of sp³-hybridized carbons (Fsp3) is 0.429. The van der Waals surface area contributed by atoms with Gasteiger partial charge in [-0.15, -0.1) is 0 Å². The molecule has 2 unspecified atom stereocenters. The Labute approximate surface area is 129 Å². The largest absolute Gasteiger partial charge is 0.480 e. The number of nitrogens with zero attached hydrogens (tertiary/aromatic N) is 1. The maximum atomic E-state index is 12.8. The summed E-state index contributed by atoms with van der Waals surface area (Å²) in [5, 5.41) is 9.23. The molecule has 1 saturated heterocycles. The Bertz CT molecular complexity index is 620. The predicted octanol–water partition coefficient (Wildman–Crippen LogP) is 3.14. The molecule has 1 aliphatic heterocycles. The van der Waals surface area contributed by atoms with Gasteiger partial charge in [0.05, 0.1) is 5.56 Å². The second kappa shape index (κ2) is 5.46. The van der Waals surface area contributed by atoms with E-state index in [9.17, 15) is 27.9 Å². The molecular formula is C14H13ClF3NO3. The van der Waals surface area contributed by atoms with E-state index in [4.69, 9.17) is 11.6 Å². The maximum Gasteiger partial charge on any atom is 0.416 e. The highest BCUT2D eigenvalue weighted by atomic mass is 35.5. The fourth-order valence-corrected chi connectivity index (χ4v) is 2.87. The Morgan fingerprint density at radius 1 is 1.50 bits per heavy atom. The topological polar surface area (TPSA) is 57.6 Å². The number of rotatable bonds is 3. The van der Waals surface area contributed by atoms with E-state index in [0.717, 1.165) is 17.0 Å². The van der Waals surface area contributed by atoms with Crippen LogP contribution in [-0.2, 0) is 15.8 Å². The maximum absolute atomic E-state index is 12.8. The van der Waals surface area contributed by atoms with Crippen molar-refractivity contribution in [2.45, 2.75) is 24.4 Å². The van der Waals surface area contributed by atoms with Crippen molar-refractivity contribution in [3.8, 4) is 0 Å². The molecule has 8 heteroatoms. The van der Waals surface area contributed by atoms with Gasteiger partial charge in [-0.3, -0.25) is 4.79 Å². The van der Waals surface area contributed by atoms with E-state index in [-0.39, 0.29) is 12.2 Å². The van der Waals surface area contributed by atoms with Gasteiger partial charge in [0.15, 0.2) is 0 Å². The van der Waals surface area contributed by atoms with Crippen molar-refractivity contribution in [1.82, 2.24) is 0 Å². The van der Waals surface area contributed by atoms with Gasteiger partial charge in [0.1, 0.15) is 0 Å². The van der Waals surface area contributed by atoms with E-state index in [1.807, 2.05) is 0 Å². The number of alkyl halides is 4. The molecule has 120 valence electrons. The van der Waals surface area contributed by atoms with Gasteiger partial charge < -0.3 is 10.0 Å². The van der Waals surface area contributed by atoms with Crippen molar-refractivity contribution >= 4 is 29.2 Å². The molecule has 0 saturated carbocycles. The van der Waals surface area contributed by atoms with Crippen LogP contribution >= 0.6 is 11.6 Å². The van der Waals surface area contributed by atoms with Crippen molar-refractivity contribution < 1.29 is 27.9 Å². The van der Waals surface area contributed by atoms with E-state index in [2.05, 4.69) is 0 Å². The average Bonchev–Trinajstić information content (AvgIpc) is 2.72. The quantitative estimate of drug-likeness (QED) is 0.682. The summed E-state index contributed by atoms with van der Waals surface area (Å²) in [5.41, 5.74) is -0.921. The highest BCUT2D eigenvalue weighted by Gasteiger charge is 2.58. The van der Waals surface area contributed by atoms with Crippen LogP contribution in [0.2, 0.25) is 0 Å². The summed E-state index contributed by atoms with van der Waals surface area (Å²) < 4.78 is 38.3. The fourth-order valence-electron chi connectivity index (χ4n) is 2.55. The van der Waals surface area contributed by atoms with Crippen molar-refractivity contribution in [3.63, 3.8) is 0 Å². The van der Waals surface area contributed by atoms with Crippen LogP contribution in [0.3, 0.4) is 0 Å². The molecule has 1 fully saturated rings. The smallest absolute Gasteiger partial charge is 0.416 e. The lowest BCUT2D eigenvalue weighted by Crippen LogP contribution is -2.45. The van der Waals surface area contributed by atoms with Gasteiger partial charge in [-0.1, -0.05) is 24.6 Å². The van der Waals surface area contributed by atoms with Crippen LogP contribution in [0.4, 0.5) is 18.9 Å². The van der Waals surface area contributed by atoms with Crippen LogP contribution in [0.15, 0.2) is 24.3 Å². The molecule has 2 atom stereocenters. The lowest BCUT2D eigenvalue weighted by molar-refractivity contribution is -0.144. The van der Waals surface area contributed by atoms with Crippen LogP contribution in [0.5, 0.6) is 0 Å². The number of carboxylic acids is 1. The highest BCUT2D eigenvalue weighted by Crippen LogP contribution is 2.41. The van der Waals surface area contributed by atoms with Gasteiger partial charge in [-0.2, -0.15) is 13.2 Å². The van der Waals surface area contributed by atoms with E-state index < -0.39 is 34.4 Å². The molecular weight excluding hydrogens is 323 g/mol. The average molecular weight is 336 g/mol. The minimum atomic E-state index is -4.55. The number of hydrogen-bond acceptors (Lipinski definition) is 2. The number of halogens is 4. The van der Waals surface area contributed by atoms with Gasteiger partial charge in [0, 0.05) is 18.2 Å². The molecule has 0 spiro atoms. The van der Waals surface area contributed by atoms with Crippen LogP contribution in [0, 0.1) is 5.92 Å². The normalized spacial score (nSPS) is 25.6. The van der Waals surface area contributed by atoms with Crippen molar-refractivity contribution in [2.75, 3.05) is 11.4 Å². The first-order valence-corrected chi connectivity index (χ1v) is 6.91. The zero-order chi connectivity index (χ0) is 16.7. The van der Waals surface area contributed by atoms with E-state index in [0.29, 0.717) is 6.42 Å². The molecule has 1 amide bonds. The lowest BCUT2D eigenvalue weighted by Gasteiger charge is -2.20. The van der Waals surface area contributed by atoms with Crippen molar-refractivity contribution in [3.05, 3.63) is 29.8 Å². The summed E-state index contributed by atoms with van der Waals surface area (Å²) in [6, 6.07) is 4.19. The number of anilines is 1. The molecule has 22 heavy (non-hydrogen) atoms. The van der Waals surface area contributed by atoms with Crippen molar-refractivity contribution in [2.24, 2.45) is 5.92 Å². The van der Waals surface area contributed by atoms with E-state index >= 15 is 0 Å². The van der Waals surface area contributed by atoms with Gasteiger partial charge in [0.2, 0.25) is 4.87 Å². The summed E-state index contributed by atoms with van der Waals surface area (Å²) in [6.07, 6.45) is -4.23. The molecule has 0 aromatic heterocycles. The second-order valence-electron chi connectivity index (χ2n) is 5.09. The third-order valence-electron chi connectivity index (χ3n) is 3.81. The Balaban J connectivity index is 2.43. The molecule has 0 aliphatic carbocycles. The predicted molar refractivity (Wildman–Crippen MR) is 73.8 cm³/mol. The zero-order valence-corrected chi connectivity index (χ0v) is 12.3. The first-order valence-electron chi connectivity index (χ1n) is 6.53. The standard InChI is InChI=1S/C14H13ClF3NO3/c1-2-8-7-19(11(20)13(8,15)12(21)22)10-5-3-4-9(6-10)14(16,17)18/h3-6,8H,2,7H2,1H3,(H,21,22). The molecule has 1 aromatic rings. The monoisotopic (exact) mass is 335 g/mol. The van der Waals surface area contributed by atoms with Gasteiger partial charge in [-0.25, -0.2) is 4.79 Å². The molecule has 1 aromatic carbocycles. The van der Waals surface area contributed by atoms with E-state index in [1.165, 1.54) is 12.1 Å². The third kappa shape index (κ3) is 2.54. The van der Waals surface area contributed by atoms with Crippen LogP contribution < -0.4 is 4.90 Å². The summed E-state index contributed by atoms with van der Waals surface area (Å²) >= 11 is 5.98. The zero-order valence-electron chi connectivity index (χ0n) is 11.5. The molecule has 0 bridgehead atoms. The number of benzene rings is 1. The third-order valence-corrected chi connectivity index (χ3v) is 4.44. The number of carbonyl (C=O) groups is 2. The van der Waals surface area contributed by atoms with Gasteiger partial charge >= 0.3 is 12.1 Å². The van der Waals surface area contributed by atoms with E-state index in [1.54, 1.807) is 6.92 Å². The molecule has 1 N–H and O–H groups in total. The summed E-state index contributed by atoms with van der Waals surface area (Å²) in [4.78, 5) is 22.5. The molecule has 1 heterocycles. The SMILES string of the molecule is CCC1CN(c2cccc(C(F)(F)F)c2)C(=O)C1(Cl)C(=O)O. The number of amides is 1. The van der Waals surface area contributed by atoms with Crippen LogP contribution in [0.1, 0.15) is 18.9 Å². The number of aliphatic carboxylic acids is 1. The number of carbonyl (C=O) groups excluding carboxylic acids is 1. The second-order valence-corrected chi connectivity index (χ2v) is 5.68. The minimum Gasteiger partial charge on any atom is -0.480 e. The number of carboxylic acid groups (broad SMARTS) is 1. The summed E-state index contributed by atoms with van der Waals surface area (Å²) in [5.74, 6) is -3.08. The summed E-state index contributed by atoms with van der Waals surface area (Å²) in [7, 11) is 0. The molecule has 0 radical (unpaired) electrons. The Kier molecular flexibility index (Phi) is 4.12. The molecule has 1 aliphatic rings. The molecule has 2 rings (SSSR count).